The number of hydrogen-bond donors (Lipinski definition) is 3. The molecule has 3 aromatic rings. The van der Waals surface area contributed by atoms with Gasteiger partial charge in [-0.05, 0) is 52.7 Å². The van der Waals surface area contributed by atoms with E-state index in [0.717, 1.165) is 0 Å². The standard InChI is InChI=1S/C18H17BrFN5O/c19-13-6-5-12(10-14(13)20)23-17-11-16(15-4-1-2-7-21-15)24-18(25-17)22-8-3-9-26/h1-2,4-7,10-11,26H,3,8-9H2,(H2,22,23,24,25). The van der Waals surface area contributed by atoms with Gasteiger partial charge in [-0.2, -0.15) is 4.98 Å². The highest BCUT2D eigenvalue weighted by Crippen LogP contribution is 2.24. The maximum absolute atomic E-state index is 13.7. The van der Waals surface area contributed by atoms with Gasteiger partial charge < -0.3 is 15.7 Å². The Balaban J connectivity index is 1.91. The molecule has 2 heterocycles. The molecule has 2 aromatic heterocycles. The van der Waals surface area contributed by atoms with Gasteiger partial charge in [0, 0.05) is 31.1 Å². The van der Waals surface area contributed by atoms with Crippen LogP contribution in [0.2, 0.25) is 0 Å². The summed E-state index contributed by atoms with van der Waals surface area (Å²) in [5.74, 6) is 0.547. The Morgan fingerprint density at radius 2 is 1.96 bits per heavy atom. The van der Waals surface area contributed by atoms with E-state index in [1.807, 2.05) is 18.2 Å². The van der Waals surface area contributed by atoms with Crippen LogP contribution in [0, 0.1) is 5.82 Å². The number of pyridine rings is 1. The highest BCUT2D eigenvalue weighted by atomic mass is 79.9. The molecule has 0 aliphatic rings. The Labute approximate surface area is 158 Å². The molecule has 0 aliphatic carbocycles. The van der Waals surface area contributed by atoms with Crippen molar-refractivity contribution in [1.82, 2.24) is 15.0 Å². The lowest BCUT2D eigenvalue weighted by Gasteiger charge is -2.11. The third kappa shape index (κ3) is 4.74. The van der Waals surface area contributed by atoms with Gasteiger partial charge in [-0.1, -0.05) is 6.07 Å². The molecule has 134 valence electrons. The first-order valence-electron chi connectivity index (χ1n) is 8.03. The van der Waals surface area contributed by atoms with E-state index in [9.17, 15) is 4.39 Å². The molecule has 0 radical (unpaired) electrons. The fraction of sp³-hybridized carbons (Fsp3) is 0.167. The van der Waals surface area contributed by atoms with Gasteiger partial charge in [-0.15, -0.1) is 0 Å². The minimum Gasteiger partial charge on any atom is -0.396 e. The zero-order valence-corrected chi connectivity index (χ0v) is 15.4. The van der Waals surface area contributed by atoms with Crippen LogP contribution in [-0.2, 0) is 0 Å². The van der Waals surface area contributed by atoms with Crippen molar-refractivity contribution in [2.45, 2.75) is 6.42 Å². The van der Waals surface area contributed by atoms with Gasteiger partial charge in [0.15, 0.2) is 0 Å². The summed E-state index contributed by atoms with van der Waals surface area (Å²) in [6.07, 6.45) is 2.27. The first kappa shape index (κ1) is 18.2. The van der Waals surface area contributed by atoms with Crippen LogP contribution in [0.15, 0.2) is 53.1 Å². The molecule has 6 nitrogen and oxygen atoms in total. The predicted molar refractivity (Wildman–Crippen MR) is 103 cm³/mol. The first-order chi connectivity index (χ1) is 12.7. The fourth-order valence-corrected chi connectivity index (χ4v) is 2.48. The first-order valence-corrected chi connectivity index (χ1v) is 8.82. The maximum Gasteiger partial charge on any atom is 0.225 e. The number of nitrogens with zero attached hydrogens (tertiary/aromatic N) is 3. The molecule has 0 spiro atoms. The number of nitrogens with one attached hydrogen (secondary N) is 2. The third-order valence-electron chi connectivity index (χ3n) is 3.46. The van der Waals surface area contributed by atoms with Crippen molar-refractivity contribution in [2.24, 2.45) is 0 Å². The van der Waals surface area contributed by atoms with E-state index >= 15 is 0 Å². The topological polar surface area (TPSA) is 83.0 Å². The Bertz CT molecular complexity index is 879. The van der Waals surface area contributed by atoms with Crippen LogP contribution in [0.1, 0.15) is 6.42 Å². The average Bonchev–Trinajstić information content (AvgIpc) is 2.66. The summed E-state index contributed by atoms with van der Waals surface area (Å²) >= 11 is 3.14. The van der Waals surface area contributed by atoms with Crippen molar-refractivity contribution in [3.05, 3.63) is 59.0 Å². The molecule has 0 fully saturated rings. The molecule has 0 unspecified atom stereocenters. The lowest BCUT2D eigenvalue weighted by molar-refractivity contribution is 0.292. The number of anilines is 3. The Morgan fingerprint density at radius 1 is 1.08 bits per heavy atom. The van der Waals surface area contributed by atoms with E-state index in [1.54, 1.807) is 24.4 Å². The molecule has 26 heavy (non-hydrogen) atoms. The van der Waals surface area contributed by atoms with Crippen LogP contribution in [0.3, 0.4) is 0 Å². The second-order valence-corrected chi connectivity index (χ2v) is 6.29. The number of aliphatic hydroxyl groups is 1. The second-order valence-electron chi connectivity index (χ2n) is 5.43. The van der Waals surface area contributed by atoms with Gasteiger partial charge in [-0.25, -0.2) is 9.37 Å². The monoisotopic (exact) mass is 417 g/mol. The molecule has 0 amide bonds. The summed E-state index contributed by atoms with van der Waals surface area (Å²) in [5, 5.41) is 15.1. The Morgan fingerprint density at radius 3 is 2.69 bits per heavy atom. The third-order valence-corrected chi connectivity index (χ3v) is 4.11. The van der Waals surface area contributed by atoms with Crippen LogP contribution in [0.25, 0.3) is 11.4 Å². The van der Waals surface area contributed by atoms with Crippen LogP contribution in [0.5, 0.6) is 0 Å². The Kier molecular flexibility index (Phi) is 6.08. The predicted octanol–water partition coefficient (Wildman–Crippen LogP) is 3.98. The van der Waals surface area contributed by atoms with E-state index < -0.39 is 0 Å². The zero-order valence-electron chi connectivity index (χ0n) is 13.8. The molecule has 0 aliphatic heterocycles. The highest BCUT2D eigenvalue weighted by molar-refractivity contribution is 9.10. The molecule has 1 aromatic carbocycles. The van der Waals surface area contributed by atoms with Gasteiger partial charge >= 0.3 is 0 Å². The fourth-order valence-electron chi connectivity index (χ4n) is 2.24. The van der Waals surface area contributed by atoms with E-state index in [-0.39, 0.29) is 12.4 Å². The van der Waals surface area contributed by atoms with Crippen molar-refractivity contribution in [3.8, 4) is 11.4 Å². The second kappa shape index (κ2) is 8.68. The maximum atomic E-state index is 13.7. The van der Waals surface area contributed by atoms with E-state index in [4.69, 9.17) is 5.11 Å². The number of halogens is 2. The van der Waals surface area contributed by atoms with Gasteiger partial charge in [0.05, 0.1) is 15.9 Å². The highest BCUT2D eigenvalue weighted by Gasteiger charge is 2.09. The van der Waals surface area contributed by atoms with Crippen molar-refractivity contribution in [1.29, 1.82) is 0 Å². The number of hydrogen-bond acceptors (Lipinski definition) is 6. The van der Waals surface area contributed by atoms with Crippen molar-refractivity contribution >= 4 is 33.4 Å². The van der Waals surface area contributed by atoms with Gasteiger partial charge in [0.25, 0.3) is 0 Å². The zero-order chi connectivity index (χ0) is 18.4. The molecular formula is C18H17BrFN5O. The Hall–Kier alpha value is -2.58. The minimum absolute atomic E-state index is 0.0796. The summed E-state index contributed by atoms with van der Waals surface area (Å²) in [6.45, 7) is 0.616. The summed E-state index contributed by atoms with van der Waals surface area (Å²) in [6, 6.07) is 12.1. The van der Waals surface area contributed by atoms with Gasteiger partial charge in [0.2, 0.25) is 5.95 Å². The molecule has 3 rings (SSSR count). The smallest absolute Gasteiger partial charge is 0.225 e. The van der Waals surface area contributed by atoms with E-state index in [2.05, 4.69) is 41.5 Å². The molecule has 0 saturated carbocycles. The molecule has 3 N–H and O–H groups in total. The summed E-state index contributed by atoms with van der Waals surface area (Å²) < 4.78 is 14.1. The van der Waals surface area contributed by atoms with Crippen molar-refractivity contribution in [2.75, 3.05) is 23.8 Å². The number of rotatable bonds is 7. The number of benzene rings is 1. The average molecular weight is 418 g/mol. The number of aliphatic hydroxyl groups excluding tert-OH is 1. The van der Waals surface area contributed by atoms with Crippen LogP contribution >= 0.6 is 15.9 Å². The van der Waals surface area contributed by atoms with Crippen LogP contribution < -0.4 is 10.6 Å². The van der Waals surface area contributed by atoms with E-state index in [0.29, 0.717) is 46.3 Å². The molecule has 0 bridgehead atoms. The molecule has 0 saturated heterocycles. The SMILES string of the molecule is OCCCNc1nc(Nc2ccc(Br)c(F)c2)cc(-c2ccccn2)n1. The van der Waals surface area contributed by atoms with Gasteiger partial charge in [-0.3, -0.25) is 4.98 Å². The largest absolute Gasteiger partial charge is 0.396 e. The van der Waals surface area contributed by atoms with Crippen LogP contribution in [-0.4, -0.2) is 33.2 Å². The minimum atomic E-state index is -0.365. The quantitative estimate of drug-likeness (QED) is 0.504. The summed E-state index contributed by atoms with van der Waals surface area (Å²) in [7, 11) is 0. The van der Waals surface area contributed by atoms with Crippen molar-refractivity contribution < 1.29 is 9.50 Å². The lowest BCUT2D eigenvalue weighted by atomic mass is 10.2. The van der Waals surface area contributed by atoms with E-state index in [1.165, 1.54) is 6.07 Å². The molecule has 8 heteroatoms. The molecule has 0 atom stereocenters. The normalized spacial score (nSPS) is 10.6. The van der Waals surface area contributed by atoms with Crippen LogP contribution in [0.4, 0.5) is 21.8 Å². The van der Waals surface area contributed by atoms with Crippen molar-refractivity contribution in [3.63, 3.8) is 0 Å². The molecular weight excluding hydrogens is 401 g/mol. The van der Waals surface area contributed by atoms with Gasteiger partial charge in [0.1, 0.15) is 11.6 Å². The summed E-state index contributed by atoms with van der Waals surface area (Å²) in [4.78, 5) is 13.2. The number of aromatic nitrogens is 3. The summed E-state index contributed by atoms with van der Waals surface area (Å²) in [5.41, 5.74) is 1.90. The lowest BCUT2D eigenvalue weighted by Crippen LogP contribution is -2.09.